The maximum absolute atomic E-state index is 13.2. The molecule has 0 unspecified atom stereocenters. The van der Waals surface area contributed by atoms with E-state index in [0.717, 1.165) is 0 Å². The molecular formula is C21H19FN2O3. The van der Waals surface area contributed by atoms with Crippen molar-refractivity contribution in [2.75, 3.05) is 6.54 Å². The molecule has 1 amide bonds. The van der Waals surface area contributed by atoms with E-state index in [0.29, 0.717) is 34.3 Å². The number of carbonyl (C=O) groups is 2. The number of ether oxygens (including phenoxy) is 1. The normalized spacial score (nSPS) is 11.8. The largest absolute Gasteiger partial charge is 0.449 e. The summed E-state index contributed by atoms with van der Waals surface area (Å²) in [5, 5.41) is 3.24. The van der Waals surface area contributed by atoms with E-state index in [2.05, 4.69) is 10.3 Å². The van der Waals surface area contributed by atoms with Crippen molar-refractivity contribution in [2.45, 2.75) is 20.0 Å². The van der Waals surface area contributed by atoms with Crippen molar-refractivity contribution in [1.82, 2.24) is 10.3 Å². The molecule has 0 aliphatic carbocycles. The standard InChI is InChI=1S/C21H19FN2O3/c1-3-23-20(25)13(2)27-21(26)17-12-19(14-8-10-15(22)11-9-14)24-18-7-5-4-6-16(17)18/h4-13H,3H2,1-2H3,(H,23,25)/t13-/m0/s1. The van der Waals surface area contributed by atoms with Crippen LogP contribution in [0.15, 0.2) is 54.6 Å². The zero-order valence-electron chi connectivity index (χ0n) is 15.0. The smallest absolute Gasteiger partial charge is 0.339 e. The Bertz CT molecular complexity index is 986. The van der Waals surface area contributed by atoms with Gasteiger partial charge in [-0.05, 0) is 50.2 Å². The Kier molecular flexibility index (Phi) is 5.45. The first-order chi connectivity index (χ1) is 13.0. The van der Waals surface area contributed by atoms with Gasteiger partial charge in [0.15, 0.2) is 6.10 Å². The number of aromatic nitrogens is 1. The van der Waals surface area contributed by atoms with Crippen LogP contribution in [0.1, 0.15) is 24.2 Å². The van der Waals surface area contributed by atoms with Crippen LogP contribution in [0.25, 0.3) is 22.2 Å². The molecular weight excluding hydrogens is 347 g/mol. The van der Waals surface area contributed by atoms with Gasteiger partial charge in [0.1, 0.15) is 5.82 Å². The fourth-order valence-electron chi connectivity index (χ4n) is 2.71. The van der Waals surface area contributed by atoms with Crippen LogP contribution in [0.2, 0.25) is 0 Å². The molecule has 2 aromatic carbocycles. The van der Waals surface area contributed by atoms with E-state index >= 15 is 0 Å². The van der Waals surface area contributed by atoms with Crippen LogP contribution < -0.4 is 5.32 Å². The second-order valence-corrected chi connectivity index (χ2v) is 6.02. The summed E-state index contributed by atoms with van der Waals surface area (Å²) in [4.78, 5) is 29.1. The third-order valence-electron chi connectivity index (χ3n) is 4.08. The minimum atomic E-state index is -0.918. The number of pyridine rings is 1. The molecule has 0 aliphatic heterocycles. The number of hydrogen-bond donors (Lipinski definition) is 1. The van der Waals surface area contributed by atoms with Crippen LogP contribution in [0.4, 0.5) is 4.39 Å². The maximum Gasteiger partial charge on any atom is 0.339 e. The zero-order chi connectivity index (χ0) is 19.4. The number of para-hydroxylation sites is 1. The summed E-state index contributed by atoms with van der Waals surface area (Å²) in [6.07, 6.45) is -0.918. The molecule has 0 saturated heterocycles. The second kappa shape index (κ2) is 7.95. The molecule has 0 aliphatic rings. The van der Waals surface area contributed by atoms with Crippen molar-refractivity contribution in [1.29, 1.82) is 0 Å². The predicted molar refractivity (Wildman–Crippen MR) is 101 cm³/mol. The van der Waals surface area contributed by atoms with Crippen molar-refractivity contribution >= 4 is 22.8 Å². The number of nitrogens with one attached hydrogen (secondary N) is 1. The average Bonchev–Trinajstić information content (AvgIpc) is 2.67. The Balaban J connectivity index is 2.01. The summed E-state index contributed by atoms with van der Waals surface area (Å²) < 4.78 is 18.5. The second-order valence-electron chi connectivity index (χ2n) is 6.02. The molecule has 138 valence electrons. The number of likely N-dealkylation sites (N-methyl/N-ethyl adjacent to an activating group) is 1. The lowest BCUT2D eigenvalue weighted by Gasteiger charge is -2.14. The number of rotatable bonds is 5. The van der Waals surface area contributed by atoms with Crippen molar-refractivity contribution in [3.63, 3.8) is 0 Å². The molecule has 27 heavy (non-hydrogen) atoms. The van der Waals surface area contributed by atoms with Crippen LogP contribution in [0, 0.1) is 5.82 Å². The maximum atomic E-state index is 13.2. The highest BCUT2D eigenvalue weighted by Crippen LogP contribution is 2.26. The van der Waals surface area contributed by atoms with Gasteiger partial charge in [-0.1, -0.05) is 18.2 Å². The molecule has 3 aromatic rings. The molecule has 1 N–H and O–H groups in total. The third kappa shape index (κ3) is 4.11. The van der Waals surface area contributed by atoms with Crippen molar-refractivity contribution in [3.8, 4) is 11.3 Å². The molecule has 5 nitrogen and oxygen atoms in total. The van der Waals surface area contributed by atoms with Gasteiger partial charge in [0.25, 0.3) is 5.91 Å². The Labute approximate surface area is 156 Å². The quantitative estimate of drug-likeness (QED) is 0.699. The number of benzene rings is 2. The van der Waals surface area contributed by atoms with Gasteiger partial charge in [0, 0.05) is 17.5 Å². The number of halogens is 1. The van der Waals surface area contributed by atoms with E-state index in [9.17, 15) is 14.0 Å². The first-order valence-electron chi connectivity index (χ1n) is 8.64. The predicted octanol–water partition coefficient (Wildman–Crippen LogP) is 3.72. The van der Waals surface area contributed by atoms with E-state index in [1.807, 2.05) is 6.07 Å². The van der Waals surface area contributed by atoms with Crippen LogP contribution >= 0.6 is 0 Å². The molecule has 0 saturated carbocycles. The first kappa shape index (κ1) is 18.5. The summed E-state index contributed by atoms with van der Waals surface area (Å²) in [6.45, 7) is 3.76. The van der Waals surface area contributed by atoms with E-state index in [1.54, 1.807) is 43.3 Å². The topological polar surface area (TPSA) is 68.3 Å². The third-order valence-corrected chi connectivity index (χ3v) is 4.08. The summed E-state index contributed by atoms with van der Waals surface area (Å²) >= 11 is 0. The summed E-state index contributed by atoms with van der Waals surface area (Å²) in [5.74, 6) is -1.33. The lowest BCUT2D eigenvalue weighted by Crippen LogP contribution is -2.35. The van der Waals surface area contributed by atoms with Crippen LogP contribution in [0.3, 0.4) is 0 Å². The Morgan fingerprint density at radius 2 is 1.85 bits per heavy atom. The van der Waals surface area contributed by atoms with Crippen LogP contribution in [-0.2, 0) is 9.53 Å². The lowest BCUT2D eigenvalue weighted by molar-refractivity contribution is -0.128. The highest BCUT2D eigenvalue weighted by molar-refractivity contribution is 6.05. The van der Waals surface area contributed by atoms with Gasteiger partial charge in [-0.3, -0.25) is 4.79 Å². The zero-order valence-corrected chi connectivity index (χ0v) is 15.0. The van der Waals surface area contributed by atoms with Crippen molar-refractivity contribution in [2.24, 2.45) is 0 Å². The fraction of sp³-hybridized carbons (Fsp3) is 0.190. The molecule has 3 rings (SSSR count). The minimum Gasteiger partial charge on any atom is -0.449 e. The molecule has 1 heterocycles. The number of nitrogens with zero attached hydrogens (tertiary/aromatic N) is 1. The van der Waals surface area contributed by atoms with Crippen LogP contribution in [0.5, 0.6) is 0 Å². The fourth-order valence-corrected chi connectivity index (χ4v) is 2.71. The lowest BCUT2D eigenvalue weighted by atomic mass is 10.0. The van der Waals surface area contributed by atoms with Gasteiger partial charge < -0.3 is 10.1 Å². The van der Waals surface area contributed by atoms with E-state index in [4.69, 9.17) is 4.74 Å². The van der Waals surface area contributed by atoms with Gasteiger partial charge in [0.05, 0.1) is 16.8 Å². The van der Waals surface area contributed by atoms with E-state index < -0.39 is 12.1 Å². The van der Waals surface area contributed by atoms with E-state index in [1.165, 1.54) is 19.1 Å². The number of amides is 1. The Morgan fingerprint density at radius 1 is 1.15 bits per heavy atom. The number of carbonyl (C=O) groups excluding carboxylic acids is 2. The summed E-state index contributed by atoms with van der Waals surface area (Å²) in [6, 6.07) is 14.6. The summed E-state index contributed by atoms with van der Waals surface area (Å²) in [7, 11) is 0. The minimum absolute atomic E-state index is 0.302. The van der Waals surface area contributed by atoms with Gasteiger partial charge >= 0.3 is 5.97 Å². The SMILES string of the molecule is CCNC(=O)[C@H](C)OC(=O)c1cc(-c2ccc(F)cc2)nc2ccccc12. The molecule has 0 bridgehead atoms. The van der Waals surface area contributed by atoms with Crippen molar-refractivity contribution < 1.29 is 18.7 Å². The average molecular weight is 366 g/mol. The molecule has 1 atom stereocenters. The highest BCUT2D eigenvalue weighted by Gasteiger charge is 2.21. The number of fused-ring (bicyclic) bond motifs is 1. The number of esters is 1. The van der Waals surface area contributed by atoms with Gasteiger partial charge in [-0.2, -0.15) is 0 Å². The molecule has 0 radical (unpaired) electrons. The molecule has 0 spiro atoms. The van der Waals surface area contributed by atoms with Crippen LogP contribution in [-0.4, -0.2) is 29.5 Å². The Hall–Kier alpha value is -3.28. The first-order valence-corrected chi connectivity index (χ1v) is 8.64. The highest BCUT2D eigenvalue weighted by atomic mass is 19.1. The molecule has 1 aromatic heterocycles. The van der Waals surface area contributed by atoms with Gasteiger partial charge in [-0.15, -0.1) is 0 Å². The molecule has 0 fully saturated rings. The summed E-state index contributed by atoms with van der Waals surface area (Å²) in [5.41, 5.74) is 2.10. The van der Waals surface area contributed by atoms with Gasteiger partial charge in [0.2, 0.25) is 0 Å². The monoisotopic (exact) mass is 366 g/mol. The van der Waals surface area contributed by atoms with E-state index in [-0.39, 0.29) is 11.7 Å². The molecule has 6 heteroatoms. The van der Waals surface area contributed by atoms with Gasteiger partial charge in [-0.25, -0.2) is 14.2 Å². The van der Waals surface area contributed by atoms with Crippen molar-refractivity contribution in [3.05, 3.63) is 66.0 Å². The number of hydrogen-bond acceptors (Lipinski definition) is 4. The Morgan fingerprint density at radius 3 is 2.56 bits per heavy atom.